The summed E-state index contributed by atoms with van der Waals surface area (Å²) >= 11 is 1.31. The Labute approximate surface area is 182 Å². The first-order valence-electron chi connectivity index (χ1n) is 9.17. The normalized spacial score (nSPS) is 10.2. The lowest BCUT2D eigenvalue weighted by Gasteiger charge is -2.09. The number of thioether (sulfide) groups is 1. The fraction of sp³-hybridized carbons (Fsp3) is 0.0909. The number of nitrogens with one attached hydrogen (secondary N) is 2. The van der Waals surface area contributed by atoms with Crippen molar-refractivity contribution in [3.05, 3.63) is 88.5 Å². The number of anilines is 2. The zero-order valence-electron chi connectivity index (χ0n) is 16.5. The average molecular weight is 437 g/mol. The summed E-state index contributed by atoms with van der Waals surface area (Å²) < 4.78 is 5.14. The van der Waals surface area contributed by atoms with Crippen LogP contribution in [-0.2, 0) is 4.79 Å². The Bertz CT molecular complexity index is 1100. The Balaban J connectivity index is 1.55. The number of carbonyl (C=O) groups is 2. The van der Waals surface area contributed by atoms with Crippen LogP contribution < -0.4 is 15.4 Å². The van der Waals surface area contributed by atoms with Crippen LogP contribution in [0.5, 0.6) is 5.75 Å². The Morgan fingerprint density at radius 2 is 1.71 bits per heavy atom. The summed E-state index contributed by atoms with van der Waals surface area (Å²) in [4.78, 5) is 35.6. The number of hydrogen-bond donors (Lipinski definition) is 2. The highest BCUT2D eigenvalue weighted by molar-refractivity contribution is 8.00. The van der Waals surface area contributed by atoms with Crippen LogP contribution in [0.4, 0.5) is 17.1 Å². The number of benzene rings is 3. The van der Waals surface area contributed by atoms with E-state index in [9.17, 15) is 19.7 Å². The molecule has 9 heteroatoms. The van der Waals surface area contributed by atoms with Gasteiger partial charge < -0.3 is 15.4 Å². The molecule has 0 aromatic heterocycles. The van der Waals surface area contributed by atoms with Crippen LogP contribution in [0.2, 0.25) is 0 Å². The fourth-order valence-electron chi connectivity index (χ4n) is 2.64. The van der Waals surface area contributed by atoms with Crippen molar-refractivity contribution in [2.75, 3.05) is 23.5 Å². The van der Waals surface area contributed by atoms with Gasteiger partial charge in [-0.25, -0.2) is 0 Å². The van der Waals surface area contributed by atoms with Crippen LogP contribution in [0.1, 0.15) is 10.4 Å². The third-order valence-electron chi connectivity index (χ3n) is 4.16. The minimum absolute atomic E-state index is 0.0415. The second-order valence-electron chi connectivity index (χ2n) is 6.35. The molecule has 0 fully saturated rings. The van der Waals surface area contributed by atoms with Gasteiger partial charge in [-0.2, -0.15) is 0 Å². The molecule has 31 heavy (non-hydrogen) atoms. The minimum atomic E-state index is -0.499. The van der Waals surface area contributed by atoms with Crippen molar-refractivity contribution < 1.29 is 19.2 Å². The number of hydrogen-bond acceptors (Lipinski definition) is 6. The van der Waals surface area contributed by atoms with Gasteiger partial charge in [0.1, 0.15) is 5.75 Å². The molecule has 0 spiro atoms. The zero-order valence-corrected chi connectivity index (χ0v) is 17.3. The lowest BCUT2D eigenvalue weighted by atomic mass is 10.2. The highest BCUT2D eigenvalue weighted by Gasteiger charge is 2.10. The zero-order chi connectivity index (χ0) is 22.2. The predicted molar refractivity (Wildman–Crippen MR) is 120 cm³/mol. The average Bonchev–Trinajstić information content (AvgIpc) is 2.78. The van der Waals surface area contributed by atoms with Gasteiger partial charge in [0.05, 0.1) is 17.8 Å². The van der Waals surface area contributed by atoms with E-state index in [1.807, 2.05) is 6.07 Å². The van der Waals surface area contributed by atoms with Crippen LogP contribution in [-0.4, -0.2) is 29.6 Å². The molecule has 0 atom stereocenters. The van der Waals surface area contributed by atoms with E-state index in [1.165, 1.54) is 43.1 Å². The number of nitro groups is 1. The summed E-state index contributed by atoms with van der Waals surface area (Å²) in [5.74, 6) is 0.224. The van der Waals surface area contributed by atoms with Gasteiger partial charge in [-0.05, 0) is 48.5 Å². The summed E-state index contributed by atoms with van der Waals surface area (Å²) in [7, 11) is 1.54. The summed E-state index contributed by atoms with van der Waals surface area (Å²) in [6, 6.07) is 19.6. The van der Waals surface area contributed by atoms with Gasteiger partial charge in [-0.15, -0.1) is 11.8 Å². The summed E-state index contributed by atoms with van der Waals surface area (Å²) in [6.45, 7) is 0. The molecule has 0 bridgehead atoms. The number of methoxy groups -OCH3 is 1. The summed E-state index contributed by atoms with van der Waals surface area (Å²) in [5.41, 5.74) is 1.52. The van der Waals surface area contributed by atoms with Crippen molar-refractivity contribution in [3.8, 4) is 5.75 Å². The largest absolute Gasteiger partial charge is 0.497 e. The number of carbonyl (C=O) groups excluding carboxylic acids is 2. The van der Waals surface area contributed by atoms with Gasteiger partial charge in [0.15, 0.2) is 0 Å². The molecule has 3 aromatic carbocycles. The first kappa shape index (κ1) is 21.8. The molecule has 0 saturated carbocycles. The Morgan fingerprint density at radius 1 is 0.968 bits per heavy atom. The molecule has 0 unspecified atom stereocenters. The Morgan fingerprint density at radius 3 is 2.42 bits per heavy atom. The predicted octanol–water partition coefficient (Wildman–Crippen LogP) is 4.59. The van der Waals surface area contributed by atoms with Gasteiger partial charge in [0.2, 0.25) is 5.91 Å². The van der Waals surface area contributed by atoms with E-state index in [4.69, 9.17) is 4.74 Å². The van der Waals surface area contributed by atoms with Crippen molar-refractivity contribution in [2.45, 2.75) is 4.90 Å². The molecular weight excluding hydrogens is 418 g/mol. The molecule has 0 saturated heterocycles. The van der Waals surface area contributed by atoms with Gasteiger partial charge in [0.25, 0.3) is 11.6 Å². The first-order valence-corrected chi connectivity index (χ1v) is 10.2. The monoisotopic (exact) mass is 437 g/mol. The van der Waals surface area contributed by atoms with Crippen molar-refractivity contribution >= 4 is 40.6 Å². The molecular formula is C22H19N3O5S. The van der Waals surface area contributed by atoms with Gasteiger partial charge in [-0.1, -0.05) is 12.1 Å². The third-order valence-corrected chi connectivity index (χ3v) is 5.15. The Kier molecular flexibility index (Phi) is 7.23. The topological polar surface area (TPSA) is 111 Å². The lowest BCUT2D eigenvalue weighted by Crippen LogP contribution is -2.14. The smallest absolute Gasteiger partial charge is 0.269 e. The molecule has 2 N–H and O–H groups in total. The quantitative estimate of drug-likeness (QED) is 0.303. The second kappa shape index (κ2) is 10.3. The summed E-state index contributed by atoms with van der Waals surface area (Å²) in [6.07, 6.45) is 0. The van der Waals surface area contributed by atoms with Crippen molar-refractivity contribution in [2.24, 2.45) is 0 Å². The number of non-ortho nitro benzene ring substituents is 1. The van der Waals surface area contributed by atoms with Crippen molar-refractivity contribution in [3.63, 3.8) is 0 Å². The highest BCUT2D eigenvalue weighted by atomic mass is 32.2. The van der Waals surface area contributed by atoms with Gasteiger partial charge in [0, 0.05) is 34.0 Å². The van der Waals surface area contributed by atoms with Crippen LogP contribution >= 0.6 is 11.8 Å². The van der Waals surface area contributed by atoms with Gasteiger partial charge >= 0.3 is 0 Å². The van der Waals surface area contributed by atoms with Crippen LogP contribution in [0.15, 0.2) is 77.7 Å². The van der Waals surface area contributed by atoms with Crippen molar-refractivity contribution in [1.82, 2.24) is 0 Å². The van der Waals surface area contributed by atoms with E-state index >= 15 is 0 Å². The van der Waals surface area contributed by atoms with E-state index in [0.717, 1.165) is 4.90 Å². The maximum atomic E-state index is 12.4. The SMILES string of the molecule is COc1cccc(C(=O)Nc2cccc(SCC(=O)Nc3ccc([N+](=O)[O-])cc3)c2)c1. The minimum Gasteiger partial charge on any atom is -0.497 e. The molecule has 0 aliphatic carbocycles. The molecule has 3 aromatic rings. The van der Waals surface area contributed by atoms with E-state index in [0.29, 0.717) is 22.7 Å². The van der Waals surface area contributed by atoms with Crippen LogP contribution in [0, 0.1) is 10.1 Å². The fourth-order valence-corrected chi connectivity index (χ4v) is 3.40. The molecule has 158 valence electrons. The van der Waals surface area contributed by atoms with Crippen LogP contribution in [0.25, 0.3) is 0 Å². The number of rotatable bonds is 8. The van der Waals surface area contributed by atoms with E-state index in [1.54, 1.807) is 42.5 Å². The van der Waals surface area contributed by atoms with E-state index in [2.05, 4.69) is 10.6 Å². The number of nitrogens with zero attached hydrogens (tertiary/aromatic N) is 1. The molecule has 8 nitrogen and oxygen atoms in total. The standard InChI is InChI=1S/C22H19N3O5S/c1-30-19-6-2-4-15(12-19)22(27)24-17-5-3-7-20(13-17)31-14-21(26)23-16-8-10-18(11-9-16)25(28)29/h2-13H,14H2,1H3,(H,23,26)(H,24,27). The maximum Gasteiger partial charge on any atom is 0.269 e. The number of amides is 2. The molecule has 0 aliphatic rings. The molecule has 0 aliphatic heterocycles. The molecule has 0 heterocycles. The second-order valence-corrected chi connectivity index (χ2v) is 7.40. The maximum absolute atomic E-state index is 12.4. The molecule has 3 rings (SSSR count). The van der Waals surface area contributed by atoms with Crippen molar-refractivity contribution in [1.29, 1.82) is 0 Å². The molecule has 2 amide bonds. The first-order chi connectivity index (χ1) is 14.9. The summed E-state index contributed by atoms with van der Waals surface area (Å²) in [5, 5.41) is 16.2. The van der Waals surface area contributed by atoms with Gasteiger partial charge in [-0.3, -0.25) is 19.7 Å². The highest BCUT2D eigenvalue weighted by Crippen LogP contribution is 2.23. The lowest BCUT2D eigenvalue weighted by molar-refractivity contribution is -0.384. The third kappa shape index (κ3) is 6.31. The van der Waals surface area contributed by atoms with E-state index < -0.39 is 4.92 Å². The van der Waals surface area contributed by atoms with E-state index in [-0.39, 0.29) is 23.3 Å². The molecule has 0 radical (unpaired) electrons. The van der Waals surface area contributed by atoms with Crippen LogP contribution in [0.3, 0.4) is 0 Å². The number of ether oxygens (including phenoxy) is 1. The number of nitro benzene ring substituents is 1. The Hall–Kier alpha value is -3.85.